The minimum atomic E-state index is -3.76. The Hall–Kier alpha value is -1.62. The lowest BCUT2D eigenvalue weighted by atomic mass is 10.2. The highest BCUT2D eigenvalue weighted by Crippen LogP contribution is 2.30. The van der Waals surface area contributed by atoms with E-state index in [0.29, 0.717) is 5.56 Å². The Bertz CT molecular complexity index is 646. The quantitative estimate of drug-likeness (QED) is 0.791. The number of hydrogen-bond acceptors (Lipinski definition) is 5. The van der Waals surface area contributed by atoms with Crippen LogP contribution in [0.25, 0.3) is 0 Å². The van der Waals surface area contributed by atoms with Crippen LogP contribution in [0.15, 0.2) is 23.1 Å². The minimum absolute atomic E-state index is 0.00171. The van der Waals surface area contributed by atoms with E-state index in [0.717, 1.165) is 25.7 Å². The summed E-state index contributed by atoms with van der Waals surface area (Å²) in [7, 11) is -3.76. The fraction of sp³-hybridized carbons (Fsp3) is 0.500. The largest absolute Gasteiger partial charge is 0.398 e. The van der Waals surface area contributed by atoms with Crippen LogP contribution < -0.4 is 5.73 Å². The van der Waals surface area contributed by atoms with Crippen LogP contribution in [0.3, 0.4) is 0 Å². The first-order valence-electron chi connectivity index (χ1n) is 6.93. The monoisotopic (exact) mass is 309 g/mol. The molecule has 114 valence electrons. The lowest BCUT2D eigenvalue weighted by Gasteiger charge is -2.27. The van der Waals surface area contributed by atoms with Crippen LogP contribution in [0, 0.1) is 11.3 Å². The van der Waals surface area contributed by atoms with Gasteiger partial charge in [0.15, 0.2) is 0 Å². The highest BCUT2D eigenvalue weighted by Gasteiger charge is 2.33. The first-order chi connectivity index (χ1) is 10.0. The Morgan fingerprint density at radius 1 is 1.38 bits per heavy atom. The van der Waals surface area contributed by atoms with E-state index in [9.17, 15) is 13.5 Å². The first kappa shape index (κ1) is 15.8. The van der Waals surface area contributed by atoms with Gasteiger partial charge in [0.25, 0.3) is 0 Å². The third-order valence-corrected chi connectivity index (χ3v) is 5.80. The zero-order chi connectivity index (χ0) is 15.5. The topological polar surface area (TPSA) is 107 Å². The lowest BCUT2D eigenvalue weighted by Crippen LogP contribution is -2.40. The molecule has 0 aliphatic heterocycles. The highest BCUT2D eigenvalue weighted by molar-refractivity contribution is 7.89. The van der Waals surface area contributed by atoms with Gasteiger partial charge in [-0.15, -0.1) is 0 Å². The molecule has 1 saturated carbocycles. The molecule has 3 N–H and O–H groups in total. The molecule has 7 heteroatoms. The van der Waals surface area contributed by atoms with E-state index < -0.39 is 10.0 Å². The summed E-state index contributed by atoms with van der Waals surface area (Å²) in [5, 5.41) is 18.0. The maximum Gasteiger partial charge on any atom is 0.245 e. The van der Waals surface area contributed by atoms with E-state index in [-0.39, 0.29) is 29.8 Å². The molecule has 0 amide bonds. The third kappa shape index (κ3) is 3.18. The molecule has 1 aromatic carbocycles. The molecule has 0 saturated heterocycles. The predicted octanol–water partition coefficient (Wildman–Crippen LogP) is 1.07. The number of nitrogens with two attached hydrogens (primary N) is 1. The summed E-state index contributed by atoms with van der Waals surface area (Å²) >= 11 is 0. The number of sulfonamides is 1. The minimum Gasteiger partial charge on any atom is -0.398 e. The normalized spacial score (nSPS) is 16.2. The first-order valence-corrected chi connectivity index (χ1v) is 8.37. The van der Waals surface area contributed by atoms with Crippen molar-refractivity contribution in [2.75, 3.05) is 18.9 Å². The maximum absolute atomic E-state index is 12.8. The summed E-state index contributed by atoms with van der Waals surface area (Å²) in [4.78, 5) is 0.00171. The van der Waals surface area contributed by atoms with Crippen molar-refractivity contribution in [1.29, 1.82) is 5.26 Å². The molecule has 0 aromatic heterocycles. The number of aliphatic hydroxyl groups is 1. The van der Waals surface area contributed by atoms with Crippen molar-refractivity contribution in [1.82, 2.24) is 4.31 Å². The zero-order valence-electron chi connectivity index (χ0n) is 11.7. The molecule has 21 heavy (non-hydrogen) atoms. The van der Waals surface area contributed by atoms with Crippen molar-refractivity contribution in [2.45, 2.75) is 36.6 Å². The molecule has 2 rings (SSSR count). The molecule has 0 radical (unpaired) electrons. The van der Waals surface area contributed by atoms with Gasteiger partial charge >= 0.3 is 0 Å². The molecule has 0 bridgehead atoms. The van der Waals surface area contributed by atoms with Crippen molar-refractivity contribution in [3.63, 3.8) is 0 Å². The SMILES string of the molecule is N#Cc1ccc(S(=O)(=O)N(CCO)C2CCCC2)c(N)c1. The molecule has 1 aliphatic carbocycles. The molecule has 0 unspecified atom stereocenters. The van der Waals surface area contributed by atoms with Gasteiger partial charge in [0, 0.05) is 12.6 Å². The van der Waals surface area contributed by atoms with E-state index in [1.54, 1.807) is 0 Å². The van der Waals surface area contributed by atoms with E-state index in [2.05, 4.69) is 0 Å². The molecule has 1 aliphatic rings. The Morgan fingerprint density at radius 3 is 2.57 bits per heavy atom. The lowest BCUT2D eigenvalue weighted by molar-refractivity contribution is 0.226. The average Bonchev–Trinajstić information content (AvgIpc) is 2.97. The summed E-state index contributed by atoms with van der Waals surface area (Å²) in [6.45, 7) is -0.168. The Labute approximate surface area is 124 Å². The Balaban J connectivity index is 2.40. The number of aliphatic hydroxyl groups excluding tert-OH is 1. The van der Waals surface area contributed by atoms with Gasteiger partial charge < -0.3 is 10.8 Å². The fourth-order valence-electron chi connectivity index (χ4n) is 2.77. The van der Waals surface area contributed by atoms with Gasteiger partial charge in [0.1, 0.15) is 4.90 Å². The van der Waals surface area contributed by atoms with Crippen molar-refractivity contribution in [3.8, 4) is 6.07 Å². The molecule has 6 nitrogen and oxygen atoms in total. The van der Waals surface area contributed by atoms with Gasteiger partial charge in [-0.05, 0) is 31.0 Å². The number of anilines is 1. The summed E-state index contributed by atoms with van der Waals surface area (Å²) in [6, 6.07) is 6.00. The van der Waals surface area contributed by atoms with Gasteiger partial charge in [-0.3, -0.25) is 0 Å². The molecular formula is C14H19N3O3S. The summed E-state index contributed by atoms with van der Waals surface area (Å²) in [5.41, 5.74) is 6.18. The van der Waals surface area contributed by atoms with E-state index in [1.807, 2.05) is 6.07 Å². The number of hydrogen-bond donors (Lipinski definition) is 2. The second-order valence-corrected chi connectivity index (χ2v) is 7.00. The number of rotatable bonds is 5. The van der Waals surface area contributed by atoms with Gasteiger partial charge in [0.05, 0.1) is 23.9 Å². The van der Waals surface area contributed by atoms with Gasteiger partial charge in [-0.1, -0.05) is 12.8 Å². The molecule has 0 atom stereocenters. The number of nitrogens with zero attached hydrogens (tertiary/aromatic N) is 2. The van der Waals surface area contributed by atoms with E-state index in [1.165, 1.54) is 22.5 Å². The fourth-order valence-corrected chi connectivity index (χ4v) is 4.54. The summed E-state index contributed by atoms with van der Waals surface area (Å²) < 4.78 is 26.9. The second-order valence-electron chi connectivity index (χ2n) is 5.14. The molecule has 0 heterocycles. The maximum atomic E-state index is 12.8. The van der Waals surface area contributed by atoms with Crippen LogP contribution in [-0.2, 0) is 10.0 Å². The van der Waals surface area contributed by atoms with Crippen LogP contribution in [0.5, 0.6) is 0 Å². The number of nitriles is 1. The summed E-state index contributed by atoms with van der Waals surface area (Å²) in [6.07, 6.45) is 3.58. The highest BCUT2D eigenvalue weighted by atomic mass is 32.2. The average molecular weight is 309 g/mol. The Kier molecular flexibility index (Phi) is 4.83. The van der Waals surface area contributed by atoms with Crippen LogP contribution in [-0.4, -0.2) is 37.0 Å². The van der Waals surface area contributed by atoms with Gasteiger partial charge in [-0.25, -0.2) is 8.42 Å². The van der Waals surface area contributed by atoms with Crippen molar-refractivity contribution in [2.24, 2.45) is 0 Å². The van der Waals surface area contributed by atoms with Crippen molar-refractivity contribution >= 4 is 15.7 Å². The van der Waals surface area contributed by atoms with Gasteiger partial charge in [0.2, 0.25) is 10.0 Å². The Morgan fingerprint density at radius 2 is 2.05 bits per heavy atom. The second kappa shape index (κ2) is 6.43. The number of benzene rings is 1. The summed E-state index contributed by atoms with van der Waals surface area (Å²) in [5.74, 6) is 0. The zero-order valence-corrected chi connectivity index (χ0v) is 12.5. The van der Waals surface area contributed by atoms with Gasteiger partial charge in [-0.2, -0.15) is 9.57 Å². The predicted molar refractivity (Wildman–Crippen MR) is 78.8 cm³/mol. The van der Waals surface area contributed by atoms with E-state index in [4.69, 9.17) is 11.0 Å². The van der Waals surface area contributed by atoms with Crippen molar-refractivity contribution in [3.05, 3.63) is 23.8 Å². The van der Waals surface area contributed by atoms with Crippen LogP contribution in [0.4, 0.5) is 5.69 Å². The molecule has 1 aromatic rings. The molecular weight excluding hydrogens is 290 g/mol. The van der Waals surface area contributed by atoms with Crippen LogP contribution >= 0.6 is 0 Å². The van der Waals surface area contributed by atoms with Crippen LogP contribution in [0.2, 0.25) is 0 Å². The number of nitrogen functional groups attached to an aromatic ring is 1. The third-order valence-electron chi connectivity index (χ3n) is 3.78. The van der Waals surface area contributed by atoms with Crippen LogP contribution in [0.1, 0.15) is 31.2 Å². The standard InChI is InChI=1S/C14H19N3O3S/c15-10-11-5-6-14(13(16)9-11)21(19,20)17(7-8-18)12-3-1-2-4-12/h5-6,9,12,18H,1-4,7-8,16H2. The van der Waals surface area contributed by atoms with Crippen molar-refractivity contribution < 1.29 is 13.5 Å². The smallest absolute Gasteiger partial charge is 0.245 e. The molecule has 0 spiro atoms. The molecule has 1 fully saturated rings. The van der Waals surface area contributed by atoms with E-state index >= 15 is 0 Å².